The monoisotopic (exact) mass is 249 g/mol. The van der Waals surface area contributed by atoms with Gasteiger partial charge in [0.15, 0.2) is 0 Å². The second-order valence-corrected chi connectivity index (χ2v) is 3.90. The summed E-state index contributed by atoms with van der Waals surface area (Å²) in [6.45, 7) is 5.07. The van der Waals surface area contributed by atoms with E-state index in [0.29, 0.717) is 0 Å². The summed E-state index contributed by atoms with van der Waals surface area (Å²) in [5.41, 5.74) is 4.90. The van der Waals surface area contributed by atoms with Gasteiger partial charge in [0.1, 0.15) is 0 Å². The van der Waals surface area contributed by atoms with E-state index in [1.165, 1.54) is 12.1 Å². The van der Waals surface area contributed by atoms with Gasteiger partial charge in [-0.15, -0.1) is 6.58 Å². The van der Waals surface area contributed by atoms with E-state index in [2.05, 4.69) is 6.58 Å². The van der Waals surface area contributed by atoms with Gasteiger partial charge in [0.05, 0.1) is 10.6 Å². The van der Waals surface area contributed by atoms with Gasteiger partial charge in [-0.25, -0.2) is 0 Å². The van der Waals surface area contributed by atoms with E-state index in [1.54, 1.807) is 6.92 Å². The van der Waals surface area contributed by atoms with Crippen LogP contribution in [0.3, 0.4) is 0 Å². The van der Waals surface area contributed by atoms with Crippen LogP contribution in [0.2, 0.25) is 5.02 Å². The topological polar surface area (TPSA) is 26.0 Å². The Hall–Kier alpha value is -1.16. The molecule has 88 valence electrons. The Morgan fingerprint density at radius 1 is 1.44 bits per heavy atom. The molecule has 0 fully saturated rings. The standard InChI is InChI=1S/C11H11ClF3N/c1-3-6(2)8-4-7(16)5-9(12)10(8)11(13,14)15/h3-6H,1,16H2,2H3. The van der Waals surface area contributed by atoms with Crippen molar-refractivity contribution >= 4 is 17.3 Å². The first-order valence-corrected chi connectivity index (χ1v) is 4.93. The Balaban J connectivity index is 3.50. The quantitative estimate of drug-likeness (QED) is 0.616. The lowest BCUT2D eigenvalue weighted by Crippen LogP contribution is -2.12. The summed E-state index contributed by atoms with van der Waals surface area (Å²) in [5.74, 6) is -0.461. The first-order chi connectivity index (χ1) is 7.27. The molecule has 0 aliphatic carbocycles. The van der Waals surface area contributed by atoms with Crippen LogP contribution in [-0.4, -0.2) is 0 Å². The highest BCUT2D eigenvalue weighted by atomic mass is 35.5. The van der Waals surface area contributed by atoms with Crippen molar-refractivity contribution < 1.29 is 13.2 Å². The second-order valence-electron chi connectivity index (χ2n) is 3.49. The largest absolute Gasteiger partial charge is 0.418 e. The van der Waals surface area contributed by atoms with E-state index < -0.39 is 17.7 Å². The molecule has 0 amide bonds. The average molecular weight is 250 g/mol. The van der Waals surface area contributed by atoms with Crippen molar-refractivity contribution in [2.24, 2.45) is 0 Å². The molecule has 0 aliphatic rings. The van der Waals surface area contributed by atoms with E-state index >= 15 is 0 Å². The zero-order chi connectivity index (χ0) is 12.5. The number of hydrogen-bond acceptors (Lipinski definition) is 1. The number of anilines is 1. The molecule has 0 saturated heterocycles. The minimum Gasteiger partial charge on any atom is -0.399 e. The van der Waals surface area contributed by atoms with Crippen molar-refractivity contribution in [2.45, 2.75) is 19.0 Å². The Bertz CT molecular complexity index is 412. The van der Waals surface area contributed by atoms with Crippen LogP contribution >= 0.6 is 11.6 Å². The number of allylic oxidation sites excluding steroid dienone is 1. The van der Waals surface area contributed by atoms with Crippen LogP contribution in [0.4, 0.5) is 18.9 Å². The van der Waals surface area contributed by atoms with Crippen molar-refractivity contribution in [1.29, 1.82) is 0 Å². The molecule has 1 aromatic carbocycles. The average Bonchev–Trinajstić information content (AvgIpc) is 2.12. The maximum atomic E-state index is 12.8. The second kappa shape index (κ2) is 4.37. The molecule has 16 heavy (non-hydrogen) atoms. The molecule has 0 heterocycles. The molecular weight excluding hydrogens is 239 g/mol. The van der Waals surface area contributed by atoms with Crippen LogP contribution in [0.25, 0.3) is 0 Å². The summed E-state index contributed by atoms with van der Waals surface area (Å²) in [6, 6.07) is 2.38. The summed E-state index contributed by atoms with van der Waals surface area (Å²) in [5, 5.41) is -0.379. The van der Waals surface area contributed by atoms with Crippen molar-refractivity contribution in [3.8, 4) is 0 Å². The third-order valence-corrected chi connectivity index (χ3v) is 2.57. The van der Waals surface area contributed by atoms with Gasteiger partial charge in [-0.3, -0.25) is 0 Å². The lowest BCUT2D eigenvalue weighted by Gasteiger charge is -2.18. The van der Waals surface area contributed by atoms with Gasteiger partial charge in [0.2, 0.25) is 0 Å². The molecule has 1 nitrogen and oxygen atoms in total. The molecule has 0 aliphatic heterocycles. The zero-order valence-corrected chi connectivity index (χ0v) is 9.36. The van der Waals surface area contributed by atoms with Crippen LogP contribution in [0.1, 0.15) is 24.0 Å². The summed E-state index contributed by atoms with van der Waals surface area (Å²) < 4.78 is 38.3. The molecule has 5 heteroatoms. The molecule has 1 aromatic rings. The van der Waals surface area contributed by atoms with Crippen molar-refractivity contribution in [1.82, 2.24) is 0 Å². The van der Waals surface area contributed by atoms with Gasteiger partial charge in [-0.2, -0.15) is 13.2 Å². The van der Waals surface area contributed by atoms with Crippen molar-refractivity contribution in [2.75, 3.05) is 5.73 Å². The molecular formula is C11H11ClF3N. The molecule has 1 atom stereocenters. The Kier molecular flexibility index (Phi) is 3.53. The van der Waals surface area contributed by atoms with Gasteiger partial charge in [-0.1, -0.05) is 24.6 Å². The van der Waals surface area contributed by atoms with E-state index in [1.807, 2.05) is 0 Å². The Morgan fingerprint density at radius 2 is 2.00 bits per heavy atom. The fourth-order valence-electron chi connectivity index (χ4n) is 1.43. The van der Waals surface area contributed by atoms with E-state index in [0.717, 1.165) is 6.07 Å². The SMILES string of the molecule is C=CC(C)c1cc(N)cc(Cl)c1C(F)(F)F. The summed E-state index contributed by atoms with van der Waals surface area (Å²) in [6.07, 6.45) is -3.07. The minimum atomic E-state index is -4.49. The number of alkyl halides is 3. The summed E-state index contributed by atoms with van der Waals surface area (Å²) in [4.78, 5) is 0. The van der Waals surface area contributed by atoms with Gasteiger partial charge in [0, 0.05) is 5.69 Å². The van der Waals surface area contributed by atoms with E-state index in [9.17, 15) is 13.2 Å². The lowest BCUT2D eigenvalue weighted by atomic mass is 9.94. The number of hydrogen-bond donors (Lipinski definition) is 1. The Labute approximate surface area is 96.7 Å². The van der Waals surface area contributed by atoms with Crippen LogP contribution in [0.5, 0.6) is 0 Å². The predicted molar refractivity (Wildman–Crippen MR) is 59.5 cm³/mol. The number of nitrogens with two attached hydrogens (primary N) is 1. The first kappa shape index (κ1) is 12.9. The molecule has 0 spiro atoms. The maximum absolute atomic E-state index is 12.8. The molecule has 2 N–H and O–H groups in total. The third kappa shape index (κ3) is 2.50. The van der Waals surface area contributed by atoms with Crippen LogP contribution < -0.4 is 5.73 Å². The highest BCUT2D eigenvalue weighted by molar-refractivity contribution is 6.31. The first-order valence-electron chi connectivity index (χ1n) is 4.56. The highest BCUT2D eigenvalue weighted by Gasteiger charge is 2.36. The van der Waals surface area contributed by atoms with Gasteiger partial charge in [-0.05, 0) is 23.6 Å². The molecule has 0 saturated carbocycles. The zero-order valence-electron chi connectivity index (χ0n) is 8.61. The van der Waals surface area contributed by atoms with Crippen molar-refractivity contribution in [3.05, 3.63) is 40.9 Å². The molecule has 0 bridgehead atoms. The van der Waals surface area contributed by atoms with Gasteiger partial charge < -0.3 is 5.73 Å². The molecule has 0 radical (unpaired) electrons. The highest BCUT2D eigenvalue weighted by Crippen LogP contribution is 2.41. The lowest BCUT2D eigenvalue weighted by molar-refractivity contribution is -0.138. The number of benzene rings is 1. The van der Waals surface area contributed by atoms with Crippen LogP contribution in [0.15, 0.2) is 24.8 Å². The number of rotatable bonds is 2. The molecule has 0 aromatic heterocycles. The molecule has 1 unspecified atom stereocenters. The van der Waals surface area contributed by atoms with Gasteiger partial charge >= 0.3 is 6.18 Å². The van der Waals surface area contributed by atoms with Crippen LogP contribution in [-0.2, 0) is 6.18 Å². The number of nitrogen functional groups attached to an aromatic ring is 1. The predicted octanol–water partition coefficient (Wildman–Crippen LogP) is 4.23. The van der Waals surface area contributed by atoms with E-state index in [-0.39, 0.29) is 16.3 Å². The number of halogens is 4. The normalized spacial score (nSPS) is 13.6. The molecule has 1 rings (SSSR count). The van der Waals surface area contributed by atoms with Crippen molar-refractivity contribution in [3.63, 3.8) is 0 Å². The smallest absolute Gasteiger partial charge is 0.399 e. The van der Waals surface area contributed by atoms with Gasteiger partial charge in [0.25, 0.3) is 0 Å². The minimum absolute atomic E-state index is 0.0486. The summed E-state index contributed by atoms with van der Waals surface area (Å²) in [7, 11) is 0. The maximum Gasteiger partial charge on any atom is 0.418 e. The fourth-order valence-corrected chi connectivity index (χ4v) is 1.78. The Morgan fingerprint density at radius 3 is 2.44 bits per heavy atom. The van der Waals surface area contributed by atoms with E-state index in [4.69, 9.17) is 17.3 Å². The van der Waals surface area contributed by atoms with Crippen LogP contribution in [0, 0.1) is 0 Å². The summed E-state index contributed by atoms with van der Waals surface area (Å²) >= 11 is 5.59. The fraction of sp³-hybridized carbons (Fsp3) is 0.273. The third-order valence-electron chi connectivity index (χ3n) is 2.27.